The number of amides is 1. The molecule has 0 spiro atoms. The number of aliphatic hydroxyl groups excluding tert-OH is 1. The molecule has 0 aromatic rings. The number of carbonyl (C=O) groups is 1. The number of hydrogen-bond donors (Lipinski definition) is 4. The zero-order chi connectivity index (χ0) is 7.15. The summed E-state index contributed by atoms with van der Waals surface area (Å²) in [7, 11) is 0. The van der Waals surface area contributed by atoms with E-state index in [4.69, 9.17) is 15.0 Å². The van der Waals surface area contributed by atoms with Gasteiger partial charge in [0.1, 0.15) is 0 Å². The van der Waals surface area contributed by atoms with Crippen LogP contribution in [0.15, 0.2) is 0 Å². The molecule has 0 radical (unpaired) electrons. The first-order valence-electron chi connectivity index (χ1n) is 1.43. The Balaban J connectivity index is 0. The van der Waals surface area contributed by atoms with Crippen LogP contribution in [0.2, 0.25) is 0 Å². The maximum Gasteiger partial charge on any atom is 0.402 e. The largest absolute Gasteiger partial charge is 0.487 e. The van der Waals surface area contributed by atoms with Gasteiger partial charge in [-0.25, -0.2) is 4.79 Å². The Morgan fingerprint density at radius 3 is 1.38 bits per heavy atom. The zero-order valence-corrected chi connectivity index (χ0v) is 4.68. The maximum absolute atomic E-state index is 8.78. The van der Waals surface area contributed by atoms with E-state index in [1.807, 2.05) is 0 Å². The zero-order valence-electron chi connectivity index (χ0n) is 3.87. The van der Waals surface area contributed by atoms with E-state index < -0.39 is 11.3 Å². The minimum absolute atomic E-state index is 0.500. The van der Waals surface area contributed by atoms with Crippen LogP contribution < -0.4 is 11.5 Å². The molecule has 0 rings (SSSR count). The van der Waals surface area contributed by atoms with Gasteiger partial charge in [-0.1, -0.05) is 0 Å². The minimum atomic E-state index is -1.33. The summed E-state index contributed by atoms with van der Waals surface area (Å²) in [6.07, 6.45) is -1.33. The average molecular weight is 138 g/mol. The molecule has 0 saturated carbocycles. The van der Waals surface area contributed by atoms with Crippen LogP contribution in [-0.2, 0) is 0 Å². The normalized spacial score (nSPS) is 6.00. The third kappa shape index (κ3) is 71.9. The molecule has 0 fully saturated rings. The minimum Gasteiger partial charge on any atom is -0.487 e. The van der Waals surface area contributed by atoms with E-state index in [-0.39, 0.29) is 0 Å². The molecule has 0 unspecified atom stereocenters. The summed E-state index contributed by atoms with van der Waals surface area (Å²) in [5, 5.41) is 14.3. The summed E-state index contributed by atoms with van der Waals surface area (Å²) in [4.78, 5) is 8.78. The van der Waals surface area contributed by atoms with Gasteiger partial charge in [0.15, 0.2) is 0 Å². The lowest BCUT2D eigenvalue weighted by Crippen LogP contribution is -2.03. The SMILES string of the molecule is NC(=O)O.NC(O)=S. The summed E-state index contributed by atoms with van der Waals surface area (Å²) < 4.78 is 0. The second kappa shape index (κ2) is 5.96. The number of rotatable bonds is 0. The lowest BCUT2D eigenvalue weighted by atomic mass is 11.3. The number of hydrogen-bond acceptors (Lipinski definition) is 2. The summed E-state index contributed by atoms with van der Waals surface area (Å²) in [5.74, 6) is 0. The van der Waals surface area contributed by atoms with Gasteiger partial charge in [-0.15, -0.1) is 0 Å². The highest BCUT2D eigenvalue weighted by atomic mass is 32.1. The van der Waals surface area contributed by atoms with Gasteiger partial charge in [-0.2, -0.15) is 0 Å². The van der Waals surface area contributed by atoms with E-state index in [9.17, 15) is 0 Å². The molecule has 0 heterocycles. The van der Waals surface area contributed by atoms with E-state index in [0.717, 1.165) is 0 Å². The van der Waals surface area contributed by atoms with E-state index in [2.05, 4.69) is 23.7 Å². The number of aliphatic hydroxyl groups is 1. The van der Waals surface area contributed by atoms with Crippen molar-refractivity contribution in [2.75, 3.05) is 0 Å². The van der Waals surface area contributed by atoms with Crippen molar-refractivity contribution in [3.05, 3.63) is 0 Å². The molecule has 6 N–H and O–H groups in total. The van der Waals surface area contributed by atoms with Crippen molar-refractivity contribution in [3.63, 3.8) is 0 Å². The molecular formula is C2H6N2O3S. The third-order valence-corrected chi connectivity index (χ3v) is 0. The molecule has 0 saturated heterocycles. The fourth-order valence-corrected chi connectivity index (χ4v) is 0. The molecule has 5 nitrogen and oxygen atoms in total. The quantitative estimate of drug-likeness (QED) is 0.334. The van der Waals surface area contributed by atoms with E-state index in [1.165, 1.54) is 0 Å². The van der Waals surface area contributed by atoms with Crippen molar-refractivity contribution in [2.45, 2.75) is 0 Å². The number of nitrogens with two attached hydrogens (primary N) is 2. The summed E-state index contributed by atoms with van der Waals surface area (Å²) in [6, 6.07) is 0. The van der Waals surface area contributed by atoms with Crippen molar-refractivity contribution >= 4 is 23.5 Å². The van der Waals surface area contributed by atoms with Gasteiger partial charge in [0, 0.05) is 0 Å². The highest BCUT2D eigenvalue weighted by molar-refractivity contribution is 7.79. The van der Waals surface area contributed by atoms with Crippen molar-refractivity contribution in [3.8, 4) is 0 Å². The van der Waals surface area contributed by atoms with Crippen LogP contribution in [0.4, 0.5) is 4.79 Å². The first kappa shape index (κ1) is 10.0. The van der Waals surface area contributed by atoms with E-state index >= 15 is 0 Å². The Labute approximate surface area is 50.9 Å². The Morgan fingerprint density at radius 1 is 1.38 bits per heavy atom. The Kier molecular flexibility index (Phi) is 7.49. The van der Waals surface area contributed by atoms with Gasteiger partial charge in [0.05, 0.1) is 0 Å². The van der Waals surface area contributed by atoms with E-state index in [0.29, 0.717) is 0 Å². The Hall–Kier alpha value is -1.04. The van der Waals surface area contributed by atoms with Crippen LogP contribution in [0.1, 0.15) is 0 Å². The Bertz CT molecular complexity index is 73.3. The molecule has 0 aliphatic carbocycles. The smallest absolute Gasteiger partial charge is 0.402 e. The average Bonchev–Trinajstić information content (AvgIpc) is 1.25. The summed E-state index contributed by atoms with van der Waals surface area (Å²) in [6.45, 7) is 0. The van der Waals surface area contributed by atoms with Crippen LogP contribution in [0.3, 0.4) is 0 Å². The van der Waals surface area contributed by atoms with Crippen molar-refractivity contribution < 1.29 is 15.0 Å². The topological polar surface area (TPSA) is 110 Å². The van der Waals surface area contributed by atoms with Crippen molar-refractivity contribution in [1.82, 2.24) is 0 Å². The fraction of sp³-hybridized carbons (Fsp3) is 0. The molecule has 0 bridgehead atoms. The number of carboxylic acid groups (broad SMARTS) is 1. The van der Waals surface area contributed by atoms with Gasteiger partial charge in [-0.05, 0) is 12.2 Å². The van der Waals surface area contributed by atoms with Gasteiger partial charge < -0.3 is 21.7 Å². The highest BCUT2D eigenvalue weighted by Crippen LogP contribution is 1.40. The van der Waals surface area contributed by atoms with Gasteiger partial charge in [0.2, 0.25) is 0 Å². The molecule has 48 valence electrons. The lowest BCUT2D eigenvalue weighted by Gasteiger charge is -1.67. The predicted molar refractivity (Wildman–Crippen MR) is 31.6 cm³/mol. The second-order valence-corrected chi connectivity index (χ2v) is 1.09. The van der Waals surface area contributed by atoms with Gasteiger partial charge >= 0.3 is 6.09 Å². The van der Waals surface area contributed by atoms with Gasteiger partial charge in [0.25, 0.3) is 5.17 Å². The maximum atomic E-state index is 8.78. The molecular weight excluding hydrogens is 132 g/mol. The summed E-state index contributed by atoms with van der Waals surface area (Å²) >= 11 is 3.87. The Morgan fingerprint density at radius 2 is 1.38 bits per heavy atom. The number of primary amides is 1. The highest BCUT2D eigenvalue weighted by Gasteiger charge is 1.65. The van der Waals surface area contributed by atoms with Crippen LogP contribution in [-0.4, -0.2) is 21.5 Å². The monoisotopic (exact) mass is 138 g/mol. The fourth-order valence-electron chi connectivity index (χ4n) is 0. The van der Waals surface area contributed by atoms with Crippen molar-refractivity contribution in [2.24, 2.45) is 11.5 Å². The molecule has 6 heteroatoms. The summed E-state index contributed by atoms with van der Waals surface area (Å²) in [5.41, 5.74) is 8.43. The van der Waals surface area contributed by atoms with Crippen LogP contribution >= 0.6 is 12.2 Å². The molecule has 0 aliphatic heterocycles. The molecule has 0 aromatic carbocycles. The first-order chi connectivity index (χ1) is 3.46. The molecule has 1 amide bonds. The molecule has 0 aromatic heterocycles. The first-order valence-corrected chi connectivity index (χ1v) is 1.84. The number of thiocarbonyl (C=S) groups is 1. The van der Waals surface area contributed by atoms with Crippen LogP contribution in [0, 0.1) is 0 Å². The molecule has 8 heavy (non-hydrogen) atoms. The van der Waals surface area contributed by atoms with E-state index in [1.54, 1.807) is 0 Å². The molecule has 0 atom stereocenters. The molecule has 0 aliphatic rings. The van der Waals surface area contributed by atoms with Crippen molar-refractivity contribution in [1.29, 1.82) is 0 Å². The van der Waals surface area contributed by atoms with Crippen LogP contribution in [0.25, 0.3) is 0 Å². The van der Waals surface area contributed by atoms with Crippen LogP contribution in [0.5, 0.6) is 0 Å². The second-order valence-electron chi connectivity index (χ2n) is 0.676. The third-order valence-electron chi connectivity index (χ3n) is 0. The van der Waals surface area contributed by atoms with Gasteiger partial charge in [-0.3, -0.25) is 0 Å². The predicted octanol–water partition coefficient (Wildman–Crippen LogP) is -0.589. The lowest BCUT2D eigenvalue weighted by molar-refractivity contribution is 0.205. The standard InChI is InChI=1S/CH3NO2.CH3NOS/c2*2-1(3)4/h2H2,(H,3,4);(H3,2,3,4).